The van der Waals surface area contributed by atoms with Crippen LogP contribution in [-0.2, 0) is 6.54 Å². The SMILES string of the molecule is CCOc1ccc(CN)c(C)n1. The first-order valence-corrected chi connectivity index (χ1v) is 4.07. The molecule has 3 heteroatoms. The van der Waals surface area contributed by atoms with Crippen LogP contribution in [0.3, 0.4) is 0 Å². The van der Waals surface area contributed by atoms with Gasteiger partial charge in [-0.2, -0.15) is 0 Å². The molecule has 0 aliphatic heterocycles. The smallest absolute Gasteiger partial charge is 0.213 e. The topological polar surface area (TPSA) is 48.1 Å². The van der Waals surface area contributed by atoms with Crippen molar-refractivity contribution in [3.63, 3.8) is 0 Å². The largest absolute Gasteiger partial charge is 0.478 e. The number of aryl methyl sites for hydroxylation is 1. The average Bonchev–Trinajstić information content (AvgIpc) is 2.05. The lowest BCUT2D eigenvalue weighted by molar-refractivity contribution is 0.326. The normalized spacial score (nSPS) is 9.92. The predicted molar refractivity (Wildman–Crippen MR) is 48.0 cm³/mol. The molecule has 0 fully saturated rings. The van der Waals surface area contributed by atoms with Crippen LogP contribution in [0.4, 0.5) is 0 Å². The Bertz CT molecular complexity index is 261. The summed E-state index contributed by atoms with van der Waals surface area (Å²) in [7, 11) is 0. The van der Waals surface area contributed by atoms with Gasteiger partial charge >= 0.3 is 0 Å². The number of ether oxygens (including phenoxy) is 1. The predicted octanol–water partition coefficient (Wildman–Crippen LogP) is 1.25. The van der Waals surface area contributed by atoms with E-state index in [1.54, 1.807) is 0 Å². The Hall–Kier alpha value is -1.09. The minimum absolute atomic E-state index is 0.533. The molecule has 0 amide bonds. The Kier molecular flexibility index (Phi) is 3.05. The number of pyridine rings is 1. The molecule has 0 aliphatic rings. The van der Waals surface area contributed by atoms with E-state index in [2.05, 4.69) is 4.98 Å². The molecule has 1 heterocycles. The third kappa shape index (κ3) is 1.95. The van der Waals surface area contributed by atoms with Gasteiger partial charge in [0.25, 0.3) is 0 Å². The van der Waals surface area contributed by atoms with Crippen LogP contribution < -0.4 is 10.5 Å². The number of nitrogens with zero attached hydrogens (tertiary/aromatic N) is 1. The van der Waals surface area contributed by atoms with Crippen molar-refractivity contribution in [3.05, 3.63) is 23.4 Å². The third-order valence-electron chi connectivity index (χ3n) is 1.68. The standard InChI is InChI=1S/C9H14N2O/c1-3-12-9-5-4-8(6-10)7(2)11-9/h4-5H,3,6,10H2,1-2H3. The number of nitrogens with two attached hydrogens (primary N) is 1. The molecular formula is C9H14N2O. The van der Waals surface area contributed by atoms with Crippen molar-refractivity contribution in [1.29, 1.82) is 0 Å². The summed E-state index contributed by atoms with van der Waals surface area (Å²) in [5.74, 6) is 0.673. The van der Waals surface area contributed by atoms with Crippen molar-refractivity contribution >= 4 is 0 Å². The molecule has 1 aromatic rings. The van der Waals surface area contributed by atoms with Crippen LogP contribution in [0.25, 0.3) is 0 Å². The van der Waals surface area contributed by atoms with E-state index in [9.17, 15) is 0 Å². The van der Waals surface area contributed by atoms with Crippen LogP contribution in [0.2, 0.25) is 0 Å². The van der Waals surface area contributed by atoms with Gasteiger partial charge in [0, 0.05) is 18.3 Å². The zero-order valence-corrected chi connectivity index (χ0v) is 7.50. The average molecular weight is 166 g/mol. The molecule has 0 atom stereocenters. The summed E-state index contributed by atoms with van der Waals surface area (Å²) in [4.78, 5) is 4.23. The fourth-order valence-electron chi connectivity index (χ4n) is 1.01. The fraction of sp³-hybridized carbons (Fsp3) is 0.444. The van der Waals surface area contributed by atoms with Gasteiger partial charge in [-0.15, -0.1) is 0 Å². The lowest BCUT2D eigenvalue weighted by atomic mass is 10.2. The molecule has 66 valence electrons. The quantitative estimate of drug-likeness (QED) is 0.735. The first kappa shape index (κ1) is 9.00. The van der Waals surface area contributed by atoms with Crippen molar-refractivity contribution in [2.45, 2.75) is 20.4 Å². The van der Waals surface area contributed by atoms with E-state index in [0.29, 0.717) is 19.0 Å². The Labute approximate surface area is 72.6 Å². The van der Waals surface area contributed by atoms with Gasteiger partial charge in [-0.1, -0.05) is 6.07 Å². The monoisotopic (exact) mass is 166 g/mol. The van der Waals surface area contributed by atoms with E-state index in [1.807, 2.05) is 26.0 Å². The van der Waals surface area contributed by atoms with Crippen LogP contribution in [0.1, 0.15) is 18.2 Å². The molecule has 0 aliphatic carbocycles. The van der Waals surface area contributed by atoms with Gasteiger partial charge in [0.1, 0.15) is 0 Å². The summed E-state index contributed by atoms with van der Waals surface area (Å²) < 4.78 is 5.23. The first-order valence-electron chi connectivity index (χ1n) is 4.07. The maximum Gasteiger partial charge on any atom is 0.213 e. The molecule has 0 saturated carbocycles. The van der Waals surface area contributed by atoms with E-state index in [-0.39, 0.29) is 0 Å². The first-order chi connectivity index (χ1) is 5.77. The highest BCUT2D eigenvalue weighted by molar-refractivity contribution is 5.24. The molecule has 3 nitrogen and oxygen atoms in total. The van der Waals surface area contributed by atoms with Crippen molar-refractivity contribution in [2.75, 3.05) is 6.61 Å². The summed E-state index contributed by atoms with van der Waals surface area (Å²) in [6, 6.07) is 3.80. The molecular weight excluding hydrogens is 152 g/mol. The van der Waals surface area contributed by atoms with E-state index < -0.39 is 0 Å². The third-order valence-corrected chi connectivity index (χ3v) is 1.68. The molecule has 12 heavy (non-hydrogen) atoms. The second kappa shape index (κ2) is 4.07. The minimum Gasteiger partial charge on any atom is -0.478 e. The molecule has 1 aromatic heterocycles. The summed E-state index contributed by atoms with van der Waals surface area (Å²) >= 11 is 0. The van der Waals surface area contributed by atoms with Gasteiger partial charge in [0.15, 0.2) is 0 Å². The Morgan fingerprint density at radius 3 is 2.75 bits per heavy atom. The van der Waals surface area contributed by atoms with Gasteiger partial charge in [-0.05, 0) is 19.4 Å². The summed E-state index contributed by atoms with van der Waals surface area (Å²) in [6.07, 6.45) is 0. The lowest BCUT2D eigenvalue weighted by Gasteiger charge is -2.05. The number of hydrogen-bond donors (Lipinski definition) is 1. The summed E-state index contributed by atoms with van der Waals surface area (Å²) in [5, 5.41) is 0. The van der Waals surface area contributed by atoms with Gasteiger partial charge in [0.2, 0.25) is 5.88 Å². The molecule has 0 saturated heterocycles. The zero-order chi connectivity index (χ0) is 8.97. The number of aromatic nitrogens is 1. The fourth-order valence-corrected chi connectivity index (χ4v) is 1.01. The highest BCUT2D eigenvalue weighted by Crippen LogP contribution is 2.11. The van der Waals surface area contributed by atoms with Crippen LogP contribution in [0.5, 0.6) is 5.88 Å². The second-order valence-corrected chi connectivity index (χ2v) is 2.53. The zero-order valence-electron chi connectivity index (χ0n) is 7.50. The highest BCUT2D eigenvalue weighted by atomic mass is 16.5. The highest BCUT2D eigenvalue weighted by Gasteiger charge is 1.99. The van der Waals surface area contributed by atoms with Crippen LogP contribution in [-0.4, -0.2) is 11.6 Å². The molecule has 1 rings (SSSR count). The van der Waals surface area contributed by atoms with Gasteiger partial charge in [-0.3, -0.25) is 0 Å². The van der Waals surface area contributed by atoms with Crippen molar-refractivity contribution in [1.82, 2.24) is 4.98 Å². The molecule has 0 spiro atoms. The van der Waals surface area contributed by atoms with Gasteiger partial charge < -0.3 is 10.5 Å². The molecule has 0 unspecified atom stereocenters. The van der Waals surface area contributed by atoms with Crippen LogP contribution >= 0.6 is 0 Å². The van der Waals surface area contributed by atoms with Gasteiger partial charge in [-0.25, -0.2) is 4.98 Å². The van der Waals surface area contributed by atoms with Gasteiger partial charge in [0.05, 0.1) is 6.61 Å². The van der Waals surface area contributed by atoms with Crippen molar-refractivity contribution in [2.24, 2.45) is 5.73 Å². The number of rotatable bonds is 3. The van der Waals surface area contributed by atoms with Crippen molar-refractivity contribution < 1.29 is 4.74 Å². The van der Waals surface area contributed by atoms with Crippen molar-refractivity contribution in [3.8, 4) is 5.88 Å². The molecule has 0 aromatic carbocycles. The molecule has 2 N–H and O–H groups in total. The summed E-state index contributed by atoms with van der Waals surface area (Å²) in [5.41, 5.74) is 7.51. The van der Waals surface area contributed by atoms with E-state index in [4.69, 9.17) is 10.5 Å². The number of hydrogen-bond acceptors (Lipinski definition) is 3. The maximum absolute atomic E-state index is 5.49. The molecule has 0 bridgehead atoms. The Morgan fingerprint density at radius 1 is 1.50 bits per heavy atom. The molecule has 0 radical (unpaired) electrons. The Balaban J connectivity index is 2.86. The second-order valence-electron chi connectivity index (χ2n) is 2.53. The minimum atomic E-state index is 0.533. The Morgan fingerprint density at radius 2 is 2.25 bits per heavy atom. The van der Waals surface area contributed by atoms with E-state index in [0.717, 1.165) is 11.3 Å². The van der Waals surface area contributed by atoms with Crippen LogP contribution in [0, 0.1) is 6.92 Å². The maximum atomic E-state index is 5.49. The lowest BCUT2D eigenvalue weighted by Crippen LogP contribution is -2.02. The van der Waals surface area contributed by atoms with E-state index in [1.165, 1.54) is 0 Å². The van der Waals surface area contributed by atoms with Crippen LogP contribution in [0.15, 0.2) is 12.1 Å². The van der Waals surface area contributed by atoms with E-state index >= 15 is 0 Å². The summed E-state index contributed by atoms with van der Waals surface area (Å²) in [6.45, 7) is 5.05.